The van der Waals surface area contributed by atoms with Crippen molar-refractivity contribution in [2.75, 3.05) is 13.2 Å². The standard InChI is InChI=1S/C13H26N4O/c1-10(2)17-9-12(8-15-17)13(7-14)16-11(3)5-4-6-18/h8-11,13,16,18H,4-7,14H2,1-3H3. The van der Waals surface area contributed by atoms with Gasteiger partial charge in [-0.05, 0) is 33.6 Å². The Labute approximate surface area is 109 Å². The molecule has 2 atom stereocenters. The Balaban J connectivity index is 2.58. The average Bonchev–Trinajstić information content (AvgIpc) is 2.83. The third-order valence-electron chi connectivity index (χ3n) is 3.07. The molecule has 0 saturated heterocycles. The second-order valence-electron chi connectivity index (χ2n) is 5.07. The second kappa shape index (κ2) is 7.51. The fourth-order valence-corrected chi connectivity index (χ4v) is 1.94. The molecule has 1 rings (SSSR count). The summed E-state index contributed by atoms with van der Waals surface area (Å²) in [6.45, 7) is 7.11. The van der Waals surface area contributed by atoms with Gasteiger partial charge in [-0.1, -0.05) is 0 Å². The minimum Gasteiger partial charge on any atom is -0.396 e. The van der Waals surface area contributed by atoms with Crippen molar-refractivity contribution in [1.29, 1.82) is 0 Å². The molecule has 0 aliphatic rings. The number of aliphatic hydroxyl groups is 1. The van der Waals surface area contributed by atoms with Crippen LogP contribution in [-0.4, -0.2) is 34.1 Å². The zero-order valence-electron chi connectivity index (χ0n) is 11.6. The van der Waals surface area contributed by atoms with E-state index in [1.165, 1.54) is 0 Å². The molecule has 0 saturated carbocycles. The van der Waals surface area contributed by atoms with E-state index in [4.69, 9.17) is 10.8 Å². The van der Waals surface area contributed by atoms with E-state index in [1.807, 2.05) is 17.1 Å². The van der Waals surface area contributed by atoms with Crippen LogP contribution < -0.4 is 11.1 Å². The summed E-state index contributed by atoms with van der Waals surface area (Å²) in [7, 11) is 0. The zero-order valence-corrected chi connectivity index (χ0v) is 11.6. The lowest BCUT2D eigenvalue weighted by Gasteiger charge is -2.21. The smallest absolute Gasteiger partial charge is 0.0538 e. The first-order valence-electron chi connectivity index (χ1n) is 6.69. The largest absolute Gasteiger partial charge is 0.396 e. The second-order valence-corrected chi connectivity index (χ2v) is 5.07. The molecule has 0 radical (unpaired) electrons. The molecule has 5 nitrogen and oxygen atoms in total. The van der Waals surface area contributed by atoms with Gasteiger partial charge in [0.05, 0.1) is 6.20 Å². The lowest BCUT2D eigenvalue weighted by atomic mass is 10.1. The Bertz CT molecular complexity index is 337. The quantitative estimate of drug-likeness (QED) is 0.652. The fraction of sp³-hybridized carbons (Fsp3) is 0.769. The van der Waals surface area contributed by atoms with Gasteiger partial charge in [-0.25, -0.2) is 0 Å². The molecular weight excluding hydrogens is 228 g/mol. The number of hydrogen-bond donors (Lipinski definition) is 3. The van der Waals surface area contributed by atoms with Crippen molar-refractivity contribution < 1.29 is 5.11 Å². The topological polar surface area (TPSA) is 76.1 Å². The molecule has 0 amide bonds. The van der Waals surface area contributed by atoms with Crippen LogP contribution in [0.2, 0.25) is 0 Å². The van der Waals surface area contributed by atoms with Crippen LogP contribution in [0.25, 0.3) is 0 Å². The van der Waals surface area contributed by atoms with E-state index in [0.717, 1.165) is 18.4 Å². The molecule has 0 spiro atoms. The Kier molecular flexibility index (Phi) is 6.32. The highest BCUT2D eigenvalue weighted by molar-refractivity contribution is 5.11. The van der Waals surface area contributed by atoms with Crippen molar-refractivity contribution >= 4 is 0 Å². The van der Waals surface area contributed by atoms with Crippen LogP contribution in [0.1, 0.15) is 51.3 Å². The SMILES string of the molecule is CC(CCCO)NC(CN)c1cnn(C(C)C)c1. The molecule has 1 aromatic rings. The maximum atomic E-state index is 8.82. The van der Waals surface area contributed by atoms with E-state index in [0.29, 0.717) is 18.6 Å². The van der Waals surface area contributed by atoms with Crippen LogP contribution in [0.4, 0.5) is 0 Å². The summed E-state index contributed by atoms with van der Waals surface area (Å²) in [4.78, 5) is 0. The van der Waals surface area contributed by atoms with Gasteiger partial charge in [0.2, 0.25) is 0 Å². The highest BCUT2D eigenvalue weighted by atomic mass is 16.2. The van der Waals surface area contributed by atoms with Gasteiger partial charge in [-0.2, -0.15) is 5.10 Å². The summed E-state index contributed by atoms with van der Waals surface area (Å²) >= 11 is 0. The molecule has 0 bridgehead atoms. The summed E-state index contributed by atoms with van der Waals surface area (Å²) in [5.41, 5.74) is 6.95. The van der Waals surface area contributed by atoms with Crippen LogP contribution >= 0.6 is 0 Å². The first kappa shape index (κ1) is 15.1. The van der Waals surface area contributed by atoms with E-state index in [2.05, 4.69) is 31.2 Å². The normalized spacial score (nSPS) is 15.0. The number of aromatic nitrogens is 2. The van der Waals surface area contributed by atoms with Crippen molar-refractivity contribution in [3.63, 3.8) is 0 Å². The maximum Gasteiger partial charge on any atom is 0.0538 e. The van der Waals surface area contributed by atoms with Gasteiger partial charge in [0, 0.05) is 43.0 Å². The van der Waals surface area contributed by atoms with Crippen molar-refractivity contribution in [2.24, 2.45) is 5.73 Å². The number of rotatable bonds is 8. The molecular formula is C13H26N4O. The van der Waals surface area contributed by atoms with E-state index >= 15 is 0 Å². The van der Waals surface area contributed by atoms with Crippen molar-refractivity contribution in [3.05, 3.63) is 18.0 Å². The monoisotopic (exact) mass is 254 g/mol. The van der Waals surface area contributed by atoms with Gasteiger partial charge in [0.15, 0.2) is 0 Å². The van der Waals surface area contributed by atoms with Gasteiger partial charge in [0.25, 0.3) is 0 Å². The number of nitrogens with one attached hydrogen (secondary N) is 1. The molecule has 18 heavy (non-hydrogen) atoms. The molecule has 4 N–H and O–H groups in total. The molecule has 5 heteroatoms. The van der Waals surface area contributed by atoms with Gasteiger partial charge in [0.1, 0.15) is 0 Å². The zero-order chi connectivity index (χ0) is 13.5. The highest BCUT2D eigenvalue weighted by Crippen LogP contribution is 2.14. The maximum absolute atomic E-state index is 8.82. The number of nitrogens with two attached hydrogens (primary N) is 1. The predicted molar refractivity (Wildman–Crippen MR) is 73.3 cm³/mol. The summed E-state index contributed by atoms with van der Waals surface area (Å²) in [5, 5.41) is 16.6. The van der Waals surface area contributed by atoms with Gasteiger partial charge in [-0.3, -0.25) is 4.68 Å². The average molecular weight is 254 g/mol. The van der Waals surface area contributed by atoms with E-state index in [-0.39, 0.29) is 12.6 Å². The molecule has 1 heterocycles. The molecule has 1 aromatic heterocycles. The van der Waals surface area contributed by atoms with Crippen LogP contribution in [-0.2, 0) is 0 Å². The molecule has 0 aliphatic heterocycles. The van der Waals surface area contributed by atoms with Gasteiger partial charge in [-0.15, -0.1) is 0 Å². The number of nitrogens with zero attached hydrogens (tertiary/aromatic N) is 2. The lowest BCUT2D eigenvalue weighted by Crippen LogP contribution is -2.35. The minimum absolute atomic E-state index is 0.131. The van der Waals surface area contributed by atoms with E-state index in [9.17, 15) is 0 Å². The lowest BCUT2D eigenvalue weighted by molar-refractivity contribution is 0.274. The van der Waals surface area contributed by atoms with Crippen LogP contribution in [0.5, 0.6) is 0 Å². The van der Waals surface area contributed by atoms with Crippen LogP contribution in [0.3, 0.4) is 0 Å². The van der Waals surface area contributed by atoms with Crippen molar-refractivity contribution in [2.45, 2.75) is 51.7 Å². The third-order valence-corrected chi connectivity index (χ3v) is 3.07. The molecule has 104 valence electrons. The van der Waals surface area contributed by atoms with Gasteiger partial charge < -0.3 is 16.2 Å². The summed E-state index contributed by atoms with van der Waals surface area (Å²) < 4.78 is 1.94. The first-order chi connectivity index (χ1) is 8.58. The van der Waals surface area contributed by atoms with Crippen LogP contribution in [0, 0.1) is 0 Å². The molecule has 0 fully saturated rings. The van der Waals surface area contributed by atoms with Gasteiger partial charge >= 0.3 is 0 Å². The highest BCUT2D eigenvalue weighted by Gasteiger charge is 2.15. The molecule has 0 aromatic carbocycles. The van der Waals surface area contributed by atoms with Crippen LogP contribution in [0.15, 0.2) is 12.4 Å². The Morgan fingerprint density at radius 1 is 1.44 bits per heavy atom. The fourth-order valence-electron chi connectivity index (χ4n) is 1.94. The summed E-state index contributed by atoms with van der Waals surface area (Å²) in [6, 6.07) is 0.836. The Hall–Kier alpha value is -0.910. The Morgan fingerprint density at radius 3 is 2.67 bits per heavy atom. The van der Waals surface area contributed by atoms with E-state index in [1.54, 1.807) is 0 Å². The summed E-state index contributed by atoms with van der Waals surface area (Å²) in [6.07, 6.45) is 5.69. The Morgan fingerprint density at radius 2 is 2.17 bits per heavy atom. The molecule has 2 unspecified atom stereocenters. The van der Waals surface area contributed by atoms with Crippen molar-refractivity contribution in [1.82, 2.24) is 15.1 Å². The first-order valence-corrected chi connectivity index (χ1v) is 6.69. The minimum atomic E-state index is 0.131. The number of aliphatic hydroxyl groups excluding tert-OH is 1. The van der Waals surface area contributed by atoms with E-state index < -0.39 is 0 Å². The molecule has 0 aliphatic carbocycles. The van der Waals surface area contributed by atoms with Crippen molar-refractivity contribution in [3.8, 4) is 0 Å². The third kappa shape index (κ3) is 4.40. The predicted octanol–water partition coefficient (Wildman–Crippen LogP) is 1.21. The summed E-state index contributed by atoms with van der Waals surface area (Å²) in [5.74, 6) is 0. The number of hydrogen-bond acceptors (Lipinski definition) is 4.